The Morgan fingerprint density at radius 3 is 2.32 bits per heavy atom. The fraction of sp³-hybridized carbons (Fsp3) is 0.273. The lowest BCUT2D eigenvalue weighted by molar-refractivity contribution is 0.0940. The molecule has 3 aromatic rings. The molecule has 1 atom stereocenters. The smallest absolute Gasteiger partial charge is 0.251 e. The largest absolute Gasteiger partial charge is 0.494 e. The number of benzene rings is 2. The first kappa shape index (κ1) is 19.9. The standard InChI is InChI=1S/C22H24N2O3S/c1-4-26-20-9-5-17(6-10-20)15(2)23-22(25)18-7-11-21(12-8-18)27-13-19-14-28-16(3)24-19/h5-12,14-15H,4,13H2,1-3H3,(H,23,25). The minimum Gasteiger partial charge on any atom is -0.494 e. The average molecular weight is 397 g/mol. The molecule has 0 radical (unpaired) electrons. The number of thiazole rings is 1. The highest BCUT2D eigenvalue weighted by Gasteiger charge is 2.12. The topological polar surface area (TPSA) is 60.5 Å². The summed E-state index contributed by atoms with van der Waals surface area (Å²) in [5, 5.41) is 6.02. The summed E-state index contributed by atoms with van der Waals surface area (Å²) in [6.07, 6.45) is 0. The van der Waals surface area contributed by atoms with Crippen molar-refractivity contribution in [1.29, 1.82) is 0 Å². The van der Waals surface area contributed by atoms with Crippen LogP contribution in [0.25, 0.3) is 0 Å². The molecule has 1 unspecified atom stereocenters. The average Bonchev–Trinajstić information content (AvgIpc) is 3.13. The number of aryl methyl sites for hydroxylation is 1. The number of aromatic nitrogens is 1. The molecular weight excluding hydrogens is 372 g/mol. The summed E-state index contributed by atoms with van der Waals surface area (Å²) in [5.74, 6) is 1.41. The molecule has 1 amide bonds. The maximum Gasteiger partial charge on any atom is 0.251 e. The van der Waals surface area contributed by atoms with Gasteiger partial charge in [-0.1, -0.05) is 12.1 Å². The van der Waals surface area contributed by atoms with Crippen LogP contribution in [0.5, 0.6) is 11.5 Å². The first-order valence-electron chi connectivity index (χ1n) is 9.22. The predicted molar refractivity (Wildman–Crippen MR) is 111 cm³/mol. The Hall–Kier alpha value is -2.86. The molecule has 1 heterocycles. The van der Waals surface area contributed by atoms with Crippen molar-refractivity contribution >= 4 is 17.2 Å². The molecule has 0 bridgehead atoms. The predicted octanol–water partition coefficient (Wildman–Crippen LogP) is 4.92. The van der Waals surface area contributed by atoms with Gasteiger partial charge in [0.1, 0.15) is 18.1 Å². The third-order valence-corrected chi connectivity index (χ3v) is 5.03. The van der Waals surface area contributed by atoms with Gasteiger partial charge in [0.25, 0.3) is 5.91 Å². The molecule has 2 aromatic carbocycles. The lowest BCUT2D eigenvalue weighted by Crippen LogP contribution is -2.26. The number of nitrogens with one attached hydrogen (secondary N) is 1. The molecule has 0 saturated carbocycles. The van der Waals surface area contributed by atoms with E-state index in [2.05, 4.69) is 10.3 Å². The highest BCUT2D eigenvalue weighted by Crippen LogP contribution is 2.19. The Labute approximate surface area is 169 Å². The SMILES string of the molecule is CCOc1ccc(C(C)NC(=O)c2ccc(OCc3csc(C)n3)cc2)cc1. The van der Waals surface area contributed by atoms with Gasteiger partial charge in [-0.15, -0.1) is 11.3 Å². The number of hydrogen-bond donors (Lipinski definition) is 1. The Balaban J connectivity index is 1.54. The van der Waals surface area contributed by atoms with E-state index in [-0.39, 0.29) is 11.9 Å². The van der Waals surface area contributed by atoms with Gasteiger partial charge in [-0.3, -0.25) is 4.79 Å². The lowest BCUT2D eigenvalue weighted by Gasteiger charge is -2.15. The van der Waals surface area contributed by atoms with Crippen LogP contribution in [0.3, 0.4) is 0 Å². The second-order valence-electron chi connectivity index (χ2n) is 6.37. The van der Waals surface area contributed by atoms with E-state index in [0.717, 1.165) is 22.0 Å². The molecule has 0 saturated heterocycles. The monoisotopic (exact) mass is 396 g/mol. The minimum atomic E-state index is -0.122. The zero-order chi connectivity index (χ0) is 19.9. The summed E-state index contributed by atoms with van der Waals surface area (Å²) in [6, 6.07) is 14.8. The van der Waals surface area contributed by atoms with Crippen LogP contribution in [-0.2, 0) is 6.61 Å². The van der Waals surface area contributed by atoms with Crippen LogP contribution in [-0.4, -0.2) is 17.5 Å². The van der Waals surface area contributed by atoms with Gasteiger partial charge in [-0.05, 0) is 62.7 Å². The highest BCUT2D eigenvalue weighted by molar-refractivity contribution is 7.09. The second kappa shape index (κ2) is 9.37. The maximum atomic E-state index is 12.5. The van der Waals surface area contributed by atoms with Crippen LogP contribution in [0.4, 0.5) is 0 Å². The molecule has 0 aliphatic heterocycles. The van der Waals surface area contributed by atoms with E-state index < -0.39 is 0 Å². The normalized spacial score (nSPS) is 11.7. The summed E-state index contributed by atoms with van der Waals surface area (Å²) in [5.41, 5.74) is 2.53. The van der Waals surface area contributed by atoms with E-state index in [1.54, 1.807) is 35.6 Å². The molecule has 0 aliphatic carbocycles. The number of carbonyl (C=O) groups is 1. The highest BCUT2D eigenvalue weighted by atomic mass is 32.1. The van der Waals surface area contributed by atoms with Gasteiger partial charge in [0.05, 0.1) is 23.4 Å². The molecule has 1 N–H and O–H groups in total. The van der Waals surface area contributed by atoms with Crippen molar-refractivity contribution in [2.75, 3.05) is 6.61 Å². The van der Waals surface area contributed by atoms with E-state index in [4.69, 9.17) is 9.47 Å². The fourth-order valence-electron chi connectivity index (χ4n) is 2.72. The van der Waals surface area contributed by atoms with Crippen LogP contribution in [0.15, 0.2) is 53.9 Å². The van der Waals surface area contributed by atoms with Gasteiger partial charge in [0.2, 0.25) is 0 Å². The Kier molecular flexibility index (Phi) is 6.66. The summed E-state index contributed by atoms with van der Waals surface area (Å²) < 4.78 is 11.2. The zero-order valence-corrected chi connectivity index (χ0v) is 17.1. The van der Waals surface area contributed by atoms with E-state index >= 15 is 0 Å². The summed E-state index contributed by atoms with van der Waals surface area (Å²) >= 11 is 1.60. The quantitative estimate of drug-likeness (QED) is 0.587. The van der Waals surface area contributed by atoms with Crippen molar-refractivity contribution in [3.63, 3.8) is 0 Å². The second-order valence-corrected chi connectivity index (χ2v) is 7.43. The molecule has 0 aliphatic rings. The van der Waals surface area contributed by atoms with Gasteiger partial charge in [0.15, 0.2) is 0 Å². The summed E-state index contributed by atoms with van der Waals surface area (Å²) in [4.78, 5) is 16.9. The molecule has 146 valence electrons. The maximum absolute atomic E-state index is 12.5. The molecular formula is C22H24N2O3S. The summed E-state index contributed by atoms with van der Waals surface area (Å²) in [7, 11) is 0. The van der Waals surface area contributed by atoms with E-state index in [1.807, 2.05) is 50.4 Å². The number of hydrogen-bond acceptors (Lipinski definition) is 5. The van der Waals surface area contributed by atoms with Crippen LogP contribution < -0.4 is 14.8 Å². The summed E-state index contributed by atoms with van der Waals surface area (Å²) in [6.45, 7) is 6.93. The Bertz CT molecular complexity index is 904. The third kappa shape index (κ3) is 5.33. The first-order valence-corrected chi connectivity index (χ1v) is 10.1. The van der Waals surface area contributed by atoms with E-state index in [0.29, 0.717) is 24.5 Å². The number of amides is 1. The van der Waals surface area contributed by atoms with Crippen LogP contribution >= 0.6 is 11.3 Å². The van der Waals surface area contributed by atoms with Gasteiger partial charge in [0, 0.05) is 10.9 Å². The van der Waals surface area contributed by atoms with Crippen molar-refractivity contribution in [2.45, 2.75) is 33.4 Å². The molecule has 28 heavy (non-hydrogen) atoms. The molecule has 3 rings (SSSR count). The molecule has 6 heteroatoms. The van der Waals surface area contributed by atoms with Crippen molar-refractivity contribution in [1.82, 2.24) is 10.3 Å². The van der Waals surface area contributed by atoms with Gasteiger partial charge in [-0.25, -0.2) is 4.98 Å². The van der Waals surface area contributed by atoms with E-state index in [1.165, 1.54) is 0 Å². The van der Waals surface area contributed by atoms with Gasteiger partial charge in [-0.2, -0.15) is 0 Å². The fourth-order valence-corrected chi connectivity index (χ4v) is 3.31. The minimum absolute atomic E-state index is 0.105. The molecule has 5 nitrogen and oxygen atoms in total. The number of nitrogens with zero attached hydrogens (tertiary/aromatic N) is 1. The third-order valence-electron chi connectivity index (χ3n) is 4.21. The number of ether oxygens (including phenoxy) is 2. The van der Waals surface area contributed by atoms with E-state index in [9.17, 15) is 4.79 Å². The Morgan fingerprint density at radius 1 is 1.07 bits per heavy atom. The van der Waals surface area contributed by atoms with Crippen molar-refractivity contribution < 1.29 is 14.3 Å². The molecule has 0 fully saturated rings. The lowest BCUT2D eigenvalue weighted by atomic mass is 10.1. The Morgan fingerprint density at radius 2 is 1.71 bits per heavy atom. The van der Waals surface area contributed by atoms with Crippen LogP contribution in [0, 0.1) is 6.92 Å². The van der Waals surface area contributed by atoms with Crippen molar-refractivity contribution in [2.24, 2.45) is 0 Å². The first-order chi connectivity index (χ1) is 13.5. The molecule has 0 spiro atoms. The van der Waals surface area contributed by atoms with Crippen molar-refractivity contribution in [3.8, 4) is 11.5 Å². The number of rotatable bonds is 8. The van der Waals surface area contributed by atoms with Gasteiger partial charge < -0.3 is 14.8 Å². The zero-order valence-electron chi connectivity index (χ0n) is 16.3. The van der Waals surface area contributed by atoms with Crippen LogP contribution in [0.2, 0.25) is 0 Å². The molecule has 1 aromatic heterocycles. The number of carbonyl (C=O) groups excluding carboxylic acids is 1. The van der Waals surface area contributed by atoms with Crippen LogP contribution in [0.1, 0.15) is 46.5 Å². The van der Waals surface area contributed by atoms with Gasteiger partial charge >= 0.3 is 0 Å². The van der Waals surface area contributed by atoms with Crippen molar-refractivity contribution in [3.05, 3.63) is 75.7 Å².